The van der Waals surface area contributed by atoms with Crippen LogP contribution in [0.5, 0.6) is 0 Å². The van der Waals surface area contributed by atoms with Crippen LogP contribution >= 0.6 is 11.6 Å². The number of hydrogen-bond donors (Lipinski definition) is 0. The van der Waals surface area contributed by atoms with Crippen molar-refractivity contribution < 1.29 is 0 Å². The van der Waals surface area contributed by atoms with Crippen molar-refractivity contribution in [3.8, 4) is 5.69 Å². The lowest BCUT2D eigenvalue weighted by Crippen LogP contribution is -2.26. The van der Waals surface area contributed by atoms with E-state index in [-0.39, 0.29) is 0 Å². The highest BCUT2D eigenvalue weighted by Gasteiger charge is 2.20. The number of aromatic nitrogens is 2. The number of halogens is 1. The van der Waals surface area contributed by atoms with Gasteiger partial charge >= 0.3 is 0 Å². The molecule has 0 aliphatic carbocycles. The Kier molecular flexibility index (Phi) is 5.29. The van der Waals surface area contributed by atoms with E-state index in [9.17, 15) is 0 Å². The Morgan fingerprint density at radius 3 is 2.52 bits per heavy atom. The molecule has 0 radical (unpaired) electrons. The first-order chi connectivity index (χ1) is 10.1. The predicted octanol–water partition coefficient (Wildman–Crippen LogP) is 4.40. The van der Waals surface area contributed by atoms with Crippen LogP contribution in [0.1, 0.15) is 31.5 Å². The van der Waals surface area contributed by atoms with Gasteiger partial charge in [-0.15, -0.1) is 11.6 Å². The Labute approximate surface area is 132 Å². The smallest absolute Gasteiger partial charge is 0.136 e. The van der Waals surface area contributed by atoms with Crippen molar-refractivity contribution >= 4 is 17.4 Å². The molecule has 2 aromatic rings. The zero-order valence-corrected chi connectivity index (χ0v) is 14.1. The molecule has 0 amide bonds. The molecule has 0 N–H and O–H groups in total. The van der Waals surface area contributed by atoms with E-state index in [4.69, 9.17) is 16.7 Å². The highest BCUT2D eigenvalue weighted by atomic mass is 35.5. The molecule has 0 fully saturated rings. The van der Waals surface area contributed by atoms with Gasteiger partial charge in [0, 0.05) is 19.2 Å². The van der Waals surface area contributed by atoms with Crippen LogP contribution in [-0.2, 0) is 5.88 Å². The summed E-state index contributed by atoms with van der Waals surface area (Å²) in [7, 11) is 2.12. The van der Waals surface area contributed by atoms with Crippen molar-refractivity contribution in [3.05, 3.63) is 41.6 Å². The molecule has 1 aromatic carbocycles. The molecule has 2 rings (SSSR count). The molecule has 0 aliphatic rings. The fourth-order valence-electron chi connectivity index (χ4n) is 2.53. The highest BCUT2D eigenvalue weighted by molar-refractivity contribution is 6.17. The first kappa shape index (κ1) is 15.9. The molecule has 114 valence electrons. The molecule has 0 saturated carbocycles. The van der Waals surface area contributed by atoms with E-state index in [0.29, 0.717) is 11.8 Å². The second-order valence-electron chi connectivity index (χ2n) is 5.66. The first-order valence-corrected chi connectivity index (χ1v) is 8.02. The average Bonchev–Trinajstić information content (AvgIpc) is 2.84. The maximum absolute atomic E-state index is 6.17. The second kappa shape index (κ2) is 6.99. The number of benzene rings is 1. The van der Waals surface area contributed by atoms with E-state index in [1.807, 2.05) is 29.8 Å². The minimum atomic E-state index is 0.485. The minimum absolute atomic E-state index is 0.485. The Morgan fingerprint density at radius 1 is 1.29 bits per heavy atom. The van der Waals surface area contributed by atoms with Gasteiger partial charge in [-0.25, -0.2) is 4.68 Å². The molecule has 21 heavy (non-hydrogen) atoms. The highest BCUT2D eigenvalue weighted by Crippen LogP contribution is 2.28. The van der Waals surface area contributed by atoms with Gasteiger partial charge in [0.15, 0.2) is 0 Å². The third kappa shape index (κ3) is 3.41. The molecule has 4 heteroatoms. The van der Waals surface area contributed by atoms with Crippen LogP contribution in [0.15, 0.2) is 30.3 Å². The van der Waals surface area contributed by atoms with Crippen molar-refractivity contribution in [3.63, 3.8) is 0 Å². The summed E-state index contributed by atoms with van der Waals surface area (Å²) >= 11 is 6.17. The Hall–Kier alpha value is -1.48. The predicted molar refractivity (Wildman–Crippen MR) is 90.6 cm³/mol. The van der Waals surface area contributed by atoms with E-state index < -0.39 is 0 Å². The van der Waals surface area contributed by atoms with Gasteiger partial charge in [0.25, 0.3) is 0 Å². The summed E-state index contributed by atoms with van der Waals surface area (Å²) in [5.74, 6) is 2.23. The van der Waals surface area contributed by atoms with Crippen molar-refractivity contribution in [1.29, 1.82) is 0 Å². The van der Waals surface area contributed by atoms with E-state index in [2.05, 4.69) is 37.9 Å². The Morgan fingerprint density at radius 2 is 1.95 bits per heavy atom. The number of aryl methyl sites for hydroxylation is 1. The third-order valence-corrected chi connectivity index (χ3v) is 4.20. The quantitative estimate of drug-likeness (QED) is 0.737. The maximum atomic E-state index is 6.17. The van der Waals surface area contributed by atoms with Crippen LogP contribution in [0, 0.1) is 12.8 Å². The summed E-state index contributed by atoms with van der Waals surface area (Å²) in [5, 5.41) is 4.70. The molecular weight excluding hydrogens is 282 g/mol. The number of anilines is 1. The number of hydrogen-bond acceptors (Lipinski definition) is 2. The second-order valence-corrected chi connectivity index (χ2v) is 5.93. The summed E-state index contributed by atoms with van der Waals surface area (Å²) in [4.78, 5) is 2.28. The lowest BCUT2D eigenvalue weighted by atomic mass is 10.1. The fraction of sp³-hybridized carbons (Fsp3) is 0.471. The van der Waals surface area contributed by atoms with Crippen LogP contribution in [0.3, 0.4) is 0 Å². The summed E-state index contributed by atoms with van der Waals surface area (Å²) in [5.41, 5.74) is 3.19. The normalized spacial score (nSPS) is 12.4. The van der Waals surface area contributed by atoms with E-state index >= 15 is 0 Å². The third-order valence-electron chi connectivity index (χ3n) is 3.94. The van der Waals surface area contributed by atoms with Gasteiger partial charge < -0.3 is 4.90 Å². The largest absolute Gasteiger partial charge is 0.359 e. The number of para-hydroxylation sites is 1. The first-order valence-electron chi connectivity index (χ1n) is 7.49. The van der Waals surface area contributed by atoms with Crippen molar-refractivity contribution in [2.75, 3.05) is 18.5 Å². The number of nitrogens with zero attached hydrogens (tertiary/aromatic N) is 3. The SMILES string of the molecule is CCC(C)CN(C)c1c(CCl)c(C)nn1-c1ccccc1. The van der Waals surface area contributed by atoms with Crippen molar-refractivity contribution in [1.82, 2.24) is 9.78 Å². The van der Waals surface area contributed by atoms with Gasteiger partial charge in [0.2, 0.25) is 0 Å². The van der Waals surface area contributed by atoms with Gasteiger partial charge in [0.05, 0.1) is 17.3 Å². The van der Waals surface area contributed by atoms with Crippen LogP contribution in [-0.4, -0.2) is 23.4 Å². The summed E-state index contributed by atoms with van der Waals surface area (Å²) in [6.45, 7) is 7.52. The van der Waals surface area contributed by atoms with E-state index in [1.54, 1.807) is 0 Å². The molecule has 1 atom stereocenters. The summed E-state index contributed by atoms with van der Waals surface area (Å²) < 4.78 is 2.01. The molecule has 0 spiro atoms. The van der Waals surface area contributed by atoms with Gasteiger partial charge in [-0.3, -0.25) is 0 Å². The van der Waals surface area contributed by atoms with Crippen LogP contribution in [0.4, 0.5) is 5.82 Å². The minimum Gasteiger partial charge on any atom is -0.359 e. The monoisotopic (exact) mass is 305 g/mol. The van der Waals surface area contributed by atoms with E-state index in [0.717, 1.165) is 29.3 Å². The van der Waals surface area contributed by atoms with Gasteiger partial charge in [-0.1, -0.05) is 38.5 Å². The molecule has 1 aromatic heterocycles. The fourth-order valence-corrected chi connectivity index (χ4v) is 2.84. The summed E-state index contributed by atoms with van der Waals surface area (Å²) in [6.07, 6.45) is 1.17. The van der Waals surface area contributed by atoms with Gasteiger partial charge in [-0.2, -0.15) is 5.10 Å². The Bertz CT molecular complexity index is 577. The van der Waals surface area contributed by atoms with Gasteiger partial charge in [0.1, 0.15) is 5.82 Å². The molecule has 1 heterocycles. The zero-order chi connectivity index (χ0) is 15.4. The Balaban J connectivity index is 2.47. The van der Waals surface area contributed by atoms with Crippen molar-refractivity contribution in [2.45, 2.75) is 33.1 Å². The van der Waals surface area contributed by atoms with Gasteiger partial charge in [-0.05, 0) is 25.0 Å². The van der Waals surface area contributed by atoms with Crippen LogP contribution in [0.25, 0.3) is 5.69 Å². The molecule has 1 unspecified atom stereocenters. The summed E-state index contributed by atoms with van der Waals surface area (Å²) in [6, 6.07) is 10.2. The molecule has 3 nitrogen and oxygen atoms in total. The lowest BCUT2D eigenvalue weighted by molar-refractivity contribution is 0.554. The van der Waals surface area contributed by atoms with Crippen LogP contribution in [0.2, 0.25) is 0 Å². The maximum Gasteiger partial charge on any atom is 0.136 e. The molecule has 0 bridgehead atoms. The van der Waals surface area contributed by atoms with Crippen molar-refractivity contribution in [2.24, 2.45) is 5.92 Å². The topological polar surface area (TPSA) is 21.1 Å². The number of rotatable bonds is 6. The standard InChI is InChI=1S/C17H24ClN3/c1-5-13(2)12-20(4)17-16(11-18)14(3)19-21(17)15-9-7-6-8-10-15/h6-10,13H,5,11-12H2,1-4H3. The van der Waals surface area contributed by atoms with E-state index in [1.165, 1.54) is 6.42 Å². The molecular formula is C17H24ClN3. The zero-order valence-electron chi connectivity index (χ0n) is 13.3. The molecule has 0 saturated heterocycles. The molecule has 0 aliphatic heterocycles. The average molecular weight is 306 g/mol. The van der Waals surface area contributed by atoms with Crippen LogP contribution < -0.4 is 4.90 Å². The number of alkyl halides is 1. The lowest BCUT2D eigenvalue weighted by Gasteiger charge is -2.24.